The number of phenolic OH excluding ortho intramolecular Hbond substituents is 1. The van der Waals surface area contributed by atoms with Crippen molar-refractivity contribution in [1.82, 2.24) is 10.2 Å². The lowest BCUT2D eigenvalue weighted by Crippen LogP contribution is -2.71. The lowest BCUT2D eigenvalue weighted by atomic mass is 9.95. The number of nitrogens with two attached hydrogens (primary N) is 1. The van der Waals surface area contributed by atoms with Crippen LogP contribution in [0.2, 0.25) is 0 Å². The number of carbonyl (C=O) groups is 3. The van der Waals surface area contributed by atoms with Gasteiger partial charge in [0.15, 0.2) is 0 Å². The van der Waals surface area contributed by atoms with E-state index in [2.05, 4.69) is 5.32 Å². The molecule has 0 saturated carbocycles. The Morgan fingerprint density at radius 2 is 1.84 bits per heavy atom. The molecule has 2 aromatic carbocycles. The molecule has 2 heterocycles. The number of rotatable bonds is 6. The van der Waals surface area contributed by atoms with Crippen LogP contribution in [-0.2, 0) is 25.7 Å². The minimum absolute atomic E-state index is 0.0703. The van der Waals surface area contributed by atoms with Crippen LogP contribution in [-0.4, -0.2) is 50.0 Å². The Morgan fingerprint density at radius 3 is 2.50 bits per heavy atom. The second-order valence-corrected chi connectivity index (χ2v) is 10.2. The molecule has 4 N–H and O–H groups in total. The summed E-state index contributed by atoms with van der Waals surface area (Å²) in [5.74, 6) is -1.23. The predicted molar refractivity (Wildman–Crippen MR) is 119 cm³/mol. The molecule has 2 amide bonds. The minimum Gasteiger partial charge on any atom is -0.508 e. The Balaban J connectivity index is 1.41. The zero-order valence-corrected chi connectivity index (χ0v) is 18.5. The highest BCUT2D eigenvalue weighted by molar-refractivity contribution is 8.01. The molecule has 4 atom stereocenters. The molecule has 32 heavy (non-hydrogen) atoms. The van der Waals surface area contributed by atoms with E-state index in [0.717, 1.165) is 5.56 Å². The first kappa shape index (κ1) is 22.2. The van der Waals surface area contributed by atoms with Crippen LogP contribution >= 0.6 is 11.8 Å². The predicted octanol–water partition coefficient (Wildman–Crippen LogP) is 1.68. The number of phenols is 1. The number of esters is 1. The molecular formula is C23H25N3O5S. The van der Waals surface area contributed by atoms with Gasteiger partial charge in [0.1, 0.15) is 35.9 Å². The van der Waals surface area contributed by atoms with Crippen LogP contribution in [0.15, 0.2) is 54.6 Å². The number of nitrogens with zero attached hydrogens (tertiary/aromatic N) is 1. The standard InChI is InChI=1S/C23H25N3O5S/c1-23(2)18(22(30)31-12-13-6-4-3-5-7-13)26-20(29)17(21(26)32-23)25-19(28)16(24)14-8-10-15(27)11-9-14/h3-11,16-18,21,27H,12,24H2,1-2H3,(H,25,28)/t16?,17-,18+,21-/m1/s1. The number of hydrogen-bond donors (Lipinski definition) is 3. The van der Waals surface area contributed by atoms with Crippen molar-refractivity contribution < 1.29 is 24.2 Å². The first-order valence-corrected chi connectivity index (χ1v) is 11.1. The molecule has 0 radical (unpaired) electrons. The van der Waals surface area contributed by atoms with Gasteiger partial charge in [-0.15, -0.1) is 11.8 Å². The second kappa shape index (κ2) is 8.48. The number of hydrogen-bond acceptors (Lipinski definition) is 7. The minimum atomic E-state index is -0.983. The number of ether oxygens (including phenoxy) is 1. The highest BCUT2D eigenvalue weighted by atomic mass is 32.2. The van der Waals surface area contributed by atoms with E-state index < -0.39 is 34.7 Å². The second-order valence-electron chi connectivity index (χ2n) is 8.41. The van der Waals surface area contributed by atoms with E-state index in [4.69, 9.17) is 10.5 Å². The molecule has 2 aliphatic rings. The van der Waals surface area contributed by atoms with Crippen LogP contribution in [0.25, 0.3) is 0 Å². The lowest BCUT2D eigenvalue weighted by molar-refractivity contribution is -0.165. The number of benzene rings is 2. The average Bonchev–Trinajstić information content (AvgIpc) is 3.04. The van der Waals surface area contributed by atoms with Gasteiger partial charge >= 0.3 is 5.97 Å². The summed E-state index contributed by atoms with van der Waals surface area (Å²) in [5, 5.41) is 11.7. The van der Waals surface area contributed by atoms with Crippen LogP contribution in [0.3, 0.4) is 0 Å². The number of β-lactam (4-membered cyclic amide) rings is 1. The molecule has 8 nitrogen and oxygen atoms in total. The Labute approximate surface area is 190 Å². The molecule has 4 rings (SSSR count). The zero-order valence-electron chi connectivity index (χ0n) is 17.7. The molecule has 1 unspecified atom stereocenters. The van der Waals surface area contributed by atoms with Gasteiger partial charge in [0, 0.05) is 4.75 Å². The van der Waals surface area contributed by atoms with Crippen LogP contribution in [0.1, 0.15) is 31.0 Å². The highest BCUT2D eigenvalue weighted by Crippen LogP contribution is 2.51. The smallest absolute Gasteiger partial charge is 0.330 e. The van der Waals surface area contributed by atoms with Crippen molar-refractivity contribution in [2.24, 2.45) is 5.73 Å². The van der Waals surface area contributed by atoms with Gasteiger partial charge in [0.05, 0.1) is 0 Å². The van der Waals surface area contributed by atoms with Crippen LogP contribution in [0.5, 0.6) is 5.75 Å². The molecule has 0 aromatic heterocycles. The van der Waals surface area contributed by atoms with Gasteiger partial charge in [0.2, 0.25) is 11.8 Å². The first-order chi connectivity index (χ1) is 15.2. The van der Waals surface area contributed by atoms with Crippen LogP contribution in [0, 0.1) is 0 Å². The zero-order chi connectivity index (χ0) is 23.0. The Bertz CT molecular complexity index is 1030. The lowest BCUT2D eigenvalue weighted by Gasteiger charge is -2.44. The number of amides is 2. The molecule has 0 aliphatic carbocycles. The maximum absolute atomic E-state index is 12.9. The first-order valence-electron chi connectivity index (χ1n) is 10.2. The molecule has 0 spiro atoms. The van der Waals surface area contributed by atoms with Gasteiger partial charge in [0.25, 0.3) is 0 Å². The molecular weight excluding hydrogens is 430 g/mol. The maximum Gasteiger partial charge on any atom is 0.330 e. The van der Waals surface area contributed by atoms with Gasteiger partial charge in [-0.1, -0.05) is 42.5 Å². The summed E-state index contributed by atoms with van der Waals surface area (Å²) in [6.07, 6.45) is 0. The number of nitrogens with one attached hydrogen (secondary N) is 1. The molecule has 2 fully saturated rings. The van der Waals surface area contributed by atoms with E-state index in [-0.39, 0.29) is 23.6 Å². The molecule has 2 saturated heterocycles. The summed E-state index contributed by atoms with van der Waals surface area (Å²) in [5.41, 5.74) is 7.41. The van der Waals surface area contributed by atoms with E-state index >= 15 is 0 Å². The highest BCUT2D eigenvalue weighted by Gasteiger charge is 2.64. The van der Waals surface area contributed by atoms with Crippen molar-refractivity contribution in [1.29, 1.82) is 0 Å². The fraction of sp³-hybridized carbons (Fsp3) is 0.348. The summed E-state index contributed by atoms with van der Waals surface area (Å²) < 4.78 is 4.92. The fourth-order valence-electron chi connectivity index (χ4n) is 4.01. The normalized spacial score (nSPS) is 24.3. The van der Waals surface area contributed by atoms with Crippen molar-refractivity contribution in [3.8, 4) is 5.75 Å². The fourth-order valence-corrected chi connectivity index (χ4v) is 5.63. The van der Waals surface area contributed by atoms with E-state index in [1.54, 1.807) is 12.1 Å². The Hall–Kier alpha value is -3.04. The van der Waals surface area contributed by atoms with Gasteiger partial charge in [-0.3, -0.25) is 9.59 Å². The molecule has 2 aliphatic heterocycles. The van der Waals surface area contributed by atoms with Gasteiger partial charge in [-0.25, -0.2) is 4.79 Å². The summed E-state index contributed by atoms with van der Waals surface area (Å²) in [4.78, 5) is 39.9. The average molecular weight is 456 g/mol. The van der Waals surface area contributed by atoms with Crippen LogP contribution < -0.4 is 11.1 Å². The summed E-state index contributed by atoms with van der Waals surface area (Å²) in [6.45, 7) is 3.91. The number of carbonyl (C=O) groups excluding carboxylic acids is 3. The quantitative estimate of drug-likeness (QED) is 0.447. The number of aromatic hydroxyl groups is 1. The van der Waals surface area contributed by atoms with E-state index in [1.165, 1.54) is 28.8 Å². The number of fused-ring (bicyclic) bond motifs is 1. The van der Waals surface area contributed by atoms with E-state index in [0.29, 0.717) is 5.56 Å². The molecule has 0 bridgehead atoms. The van der Waals surface area contributed by atoms with Crippen LogP contribution in [0.4, 0.5) is 0 Å². The summed E-state index contributed by atoms with van der Waals surface area (Å²) in [6, 6.07) is 12.9. The monoisotopic (exact) mass is 455 g/mol. The van der Waals surface area contributed by atoms with Gasteiger partial charge < -0.3 is 25.8 Å². The summed E-state index contributed by atoms with van der Waals surface area (Å²) in [7, 11) is 0. The van der Waals surface area contributed by atoms with Gasteiger partial charge in [-0.05, 0) is 37.1 Å². The Kier molecular flexibility index (Phi) is 5.87. The Morgan fingerprint density at radius 1 is 1.19 bits per heavy atom. The van der Waals surface area contributed by atoms with E-state index in [1.807, 2.05) is 44.2 Å². The number of thioether (sulfide) groups is 1. The van der Waals surface area contributed by atoms with Gasteiger partial charge in [-0.2, -0.15) is 0 Å². The summed E-state index contributed by atoms with van der Waals surface area (Å²) >= 11 is 1.45. The topological polar surface area (TPSA) is 122 Å². The van der Waals surface area contributed by atoms with Crippen molar-refractivity contribution in [2.45, 2.75) is 48.7 Å². The van der Waals surface area contributed by atoms with Crippen molar-refractivity contribution in [3.63, 3.8) is 0 Å². The van der Waals surface area contributed by atoms with Crippen molar-refractivity contribution in [2.75, 3.05) is 0 Å². The third kappa shape index (κ3) is 4.05. The molecule has 2 aromatic rings. The maximum atomic E-state index is 12.9. The van der Waals surface area contributed by atoms with Crippen molar-refractivity contribution >= 4 is 29.5 Å². The third-order valence-corrected chi connectivity index (χ3v) is 7.29. The van der Waals surface area contributed by atoms with E-state index in [9.17, 15) is 19.5 Å². The van der Waals surface area contributed by atoms with Crippen molar-refractivity contribution in [3.05, 3.63) is 65.7 Å². The SMILES string of the molecule is CC1(C)S[C@@H]2[C@H](NC(=O)C(N)c3ccc(O)cc3)C(=O)N2[C@H]1C(=O)OCc1ccccc1. The largest absolute Gasteiger partial charge is 0.508 e. The molecule has 9 heteroatoms. The third-order valence-electron chi connectivity index (χ3n) is 5.72. The molecule has 168 valence electrons.